The summed E-state index contributed by atoms with van der Waals surface area (Å²) in [6.45, 7) is 0.462. The maximum atomic E-state index is 12.7. The first-order valence-corrected chi connectivity index (χ1v) is 9.38. The first-order valence-electron chi connectivity index (χ1n) is 8.59. The van der Waals surface area contributed by atoms with Crippen LogP contribution in [0.4, 0.5) is 0 Å². The summed E-state index contributed by atoms with van der Waals surface area (Å²) in [5, 5.41) is 3.72. The number of nitrogens with zero attached hydrogens (tertiary/aromatic N) is 2. The van der Waals surface area contributed by atoms with Crippen LogP contribution in [0.2, 0.25) is 0 Å². The fraction of sp³-hybridized carbons (Fsp3) is 0.150. The lowest BCUT2D eigenvalue weighted by Gasteiger charge is -2.07. The van der Waals surface area contributed by atoms with E-state index in [1.165, 1.54) is 10.9 Å². The van der Waals surface area contributed by atoms with Crippen molar-refractivity contribution in [2.45, 2.75) is 13.0 Å². The van der Waals surface area contributed by atoms with E-state index in [4.69, 9.17) is 0 Å². The minimum Gasteiger partial charge on any atom is -0.354 e. The van der Waals surface area contributed by atoms with Gasteiger partial charge in [0.1, 0.15) is 17.6 Å². The fourth-order valence-electron chi connectivity index (χ4n) is 3.08. The van der Waals surface area contributed by atoms with E-state index >= 15 is 0 Å². The molecule has 4 rings (SSSR count). The molecular formula is C20H17BrN4O2. The summed E-state index contributed by atoms with van der Waals surface area (Å²) in [6.07, 6.45) is 2.17. The Labute approximate surface area is 163 Å². The third kappa shape index (κ3) is 3.64. The number of hydrogen-bond donors (Lipinski definition) is 2. The second-order valence-corrected chi connectivity index (χ2v) is 7.22. The third-order valence-corrected chi connectivity index (χ3v) is 4.92. The van der Waals surface area contributed by atoms with Gasteiger partial charge in [-0.3, -0.25) is 14.2 Å². The third-order valence-electron chi connectivity index (χ3n) is 4.43. The molecule has 0 radical (unpaired) electrons. The molecule has 0 bridgehead atoms. The zero-order chi connectivity index (χ0) is 18.8. The smallest absolute Gasteiger partial charge is 0.278 e. The van der Waals surface area contributed by atoms with Crippen LogP contribution in [-0.2, 0) is 17.8 Å². The molecule has 0 saturated carbocycles. The van der Waals surface area contributed by atoms with E-state index in [9.17, 15) is 9.59 Å². The van der Waals surface area contributed by atoms with Crippen LogP contribution in [0.1, 0.15) is 5.56 Å². The molecule has 0 aliphatic carbocycles. The number of aromatic nitrogens is 3. The molecule has 0 unspecified atom stereocenters. The van der Waals surface area contributed by atoms with Crippen molar-refractivity contribution < 1.29 is 4.79 Å². The summed E-state index contributed by atoms with van der Waals surface area (Å²) in [7, 11) is 0. The second-order valence-electron chi connectivity index (χ2n) is 6.30. The Bertz CT molecular complexity index is 1180. The van der Waals surface area contributed by atoms with Gasteiger partial charge in [0.15, 0.2) is 0 Å². The normalized spacial score (nSPS) is 11.1. The van der Waals surface area contributed by atoms with E-state index in [0.717, 1.165) is 27.4 Å². The Balaban J connectivity index is 1.50. The largest absolute Gasteiger partial charge is 0.354 e. The highest BCUT2D eigenvalue weighted by Crippen LogP contribution is 2.24. The first-order chi connectivity index (χ1) is 13.1. The van der Waals surface area contributed by atoms with Gasteiger partial charge in [-0.25, -0.2) is 4.98 Å². The van der Waals surface area contributed by atoms with E-state index in [2.05, 4.69) is 31.2 Å². The molecule has 6 nitrogen and oxygen atoms in total. The van der Waals surface area contributed by atoms with E-state index in [0.29, 0.717) is 17.6 Å². The van der Waals surface area contributed by atoms with Crippen LogP contribution < -0.4 is 10.9 Å². The fourth-order valence-corrected chi connectivity index (χ4v) is 3.44. The molecule has 7 heteroatoms. The average Bonchev–Trinajstić information content (AvgIpc) is 3.03. The van der Waals surface area contributed by atoms with Crippen molar-refractivity contribution >= 4 is 43.8 Å². The van der Waals surface area contributed by atoms with Gasteiger partial charge in [-0.1, -0.05) is 46.3 Å². The molecule has 2 aromatic heterocycles. The maximum absolute atomic E-state index is 12.7. The molecule has 2 N–H and O–H groups in total. The number of fused-ring (bicyclic) bond motifs is 3. The SMILES string of the molecule is O=C(Cn1cnc2c([nH]c3ccc(Br)cc32)c1=O)NCCc1ccccc1. The lowest BCUT2D eigenvalue weighted by molar-refractivity contribution is -0.121. The summed E-state index contributed by atoms with van der Waals surface area (Å²) in [4.78, 5) is 32.4. The number of halogens is 1. The summed E-state index contributed by atoms with van der Waals surface area (Å²) >= 11 is 3.43. The predicted molar refractivity (Wildman–Crippen MR) is 109 cm³/mol. The molecular weight excluding hydrogens is 408 g/mol. The van der Waals surface area contributed by atoms with Crippen molar-refractivity contribution in [3.8, 4) is 0 Å². The molecule has 0 atom stereocenters. The van der Waals surface area contributed by atoms with E-state index in [-0.39, 0.29) is 18.0 Å². The summed E-state index contributed by atoms with van der Waals surface area (Å²) in [5.74, 6) is -0.215. The van der Waals surface area contributed by atoms with E-state index < -0.39 is 0 Å². The zero-order valence-electron chi connectivity index (χ0n) is 14.4. The van der Waals surface area contributed by atoms with Gasteiger partial charge >= 0.3 is 0 Å². The van der Waals surface area contributed by atoms with Crippen LogP contribution in [0, 0.1) is 0 Å². The monoisotopic (exact) mass is 424 g/mol. The lowest BCUT2D eigenvalue weighted by atomic mass is 10.1. The van der Waals surface area contributed by atoms with Gasteiger partial charge in [0.2, 0.25) is 5.91 Å². The number of nitrogens with one attached hydrogen (secondary N) is 2. The number of H-pyrrole nitrogens is 1. The molecule has 27 heavy (non-hydrogen) atoms. The van der Waals surface area contributed by atoms with Gasteiger partial charge in [0.05, 0.1) is 6.33 Å². The minimum absolute atomic E-state index is 0.0599. The van der Waals surface area contributed by atoms with Crippen molar-refractivity contribution in [3.05, 3.63) is 75.2 Å². The van der Waals surface area contributed by atoms with Crippen LogP contribution in [0.15, 0.2) is 64.1 Å². The highest BCUT2D eigenvalue weighted by molar-refractivity contribution is 9.10. The lowest BCUT2D eigenvalue weighted by Crippen LogP contribution is -2.33. The van der Waals surface area contributed by atoms with Gasteiger partial charge in [0.25, 0.3) is 5.56 Å². The van der Waals surface area contributed by atoms with Gasteiger partial charge in [-0.05, 0) is 30.2 Å². The van der Waals surface area contributed by atoms with Crippen LogP contribution in [-0.4, -0.2) is 27.0 Å². The molecule has 0 saturated heterocycles. The summed E-state index contributed by atoms with van der Waals surface area (Å²) in [5.41, 5.74) is 2.75. The van der Waals surface area contributed by atoms with E-state index in [1.54, 1.807) is 0 Å². The van der Waals surface area contributed by atoms with Crippen LogP contribution in [0.3, 0.4) is 0 Å². The average molecular weight is 425 g/mol. The minimum atomic E-state index is -0.259. The number of amides is 1. The molecule has 136 valence electrons. The zero-order valence-corrected chi connectivity index (χ0v) is 16.0. The Morgan fingerprint density at radius 2 is 2.00 bits per heavy atom. The van der Waals surface area contributed by atoms with Gasteiger partial charge in [0, 0.05) is 21.9 Å². The Hall–Kier alpha value is -2.93. The van der Waals surface area contributed by atoms with Gasteiger partial charge in [-0.15, -0.1) is 0 Å². The number of rotatable bonds is 5. The molecule has 0 fully saturated rings. The van der Waals surface area contributed by atoms with Crippen molar-refractivity contribution in [1.82, 2.24) is 19.9 Å². The number of benzene rings is 2. The molecule has 1 amide bonds. The first kappa shape index (κ1) is 17.5. The Kier molecular flexibility index (Phi) is 4.77. The molecule has 0 aliphatic heterocycles. The highest BCUT2D eigenvalue weighted by atomic mass is 79.9. The predicted octanol–water partition coefficient (Wildman–Crippen LogP) is 3.00. The highest BCUT2D eigenvalue weighted by Gasteiger charge is 2.12. The van der Waals surface area contributed by atoms with Crippen molar-refractivity contribution in [2.24, 2.45) is 0 Å². The number of hydrogen-bond acceptors (Lipinski definition) is 3. The molecule has 2 aromatic carbocycles. The van der Waals surface area contributed by atoms with Crippen molar-refractivity contribution in [2.75, 3.05) is 6.54 Å². The maximum Gasteiger partial charge on any atom is 0.278 e. The van der Waals surface area contributed by atoms with Crippen LogP contribution in [0.5, 0.6) is 0 Å². The molecule has 4 aromatic rings. The molecule has 0 spiro atoms. The number of aromatic amines is 1. The van der Waals surface area contributed by atoms with Crippen LogP contribution >= 0.6 is 15.9 Å². The number of carbonyl (C=O) groups excluding carboxylic acids is 1. The standard InChI is InChI=1S/C20H17BrN4O2/c21-14-6-7-16-15(10-14)18-19(24-16)20(27)25(12-23-18)11-17(26)22-9-8-13-4-2-1-3-5-13/h1-7,10,12,24H,8-9,11H2,(H,22,26). The van der Waals surface area contributed by atoms with Crippen molar-refractivity contribution in [3.63, 3.8) is 0 Å². The topological polar surface area (TPSA) is 79.8 Å². The number of carbonyl (C=O) groups is 1. The summed E-state index contributed by atoms with van der Waals surface area (Å²) < 4.78 is 2.24. The molecule has 2 heterocycles. The van der Waals surface area contributed by atoms with Gasteiger partial charge < -0.3 is 10.3 Å². The Morgan fingerprint density at radius 1 is 1.19 bits per heavy atom. The quantitative estimate of drug-likeness (QED) is 0.516. The van der Waals surface area contributed by atoms with Gasteiger partial charge in [-0.2, -0.15) is 0 Å². The molecule has 0 aliphatic rings. The van der Waals surface area contributed by atoms with Crippen LogP contribution in [0.25, 0.3) is 21.9 Å². The van der Waals surface area contributed by atoms with E-state index in [1.807, 2.05) is 48.5 Å². The second kappa shape index (κ2) is 7.36. The Morgan fingerprint density at radius 3 is 2.81 bits per heavy atom. The van der Waals surface area contributed by atoms with Crippen molar-refractivity contribution in [1.29, 1.82) is 0 Å². The summed E-state index contributed by atoms with van der Waals surface area (Å²) in [6, 6.07) is 15.6.